The third-order valence-electron chi connectivity index (χ3n) is 2.79. The number of ketones is 1. The SMILES string of the molecule is CC(C)(C)c1cc(NC(=O)[C@@H]2CC(=O)CN2)no1. The molecule has 1 amide bonds. The molecule has 0 saturated carbocycles. The van der Waals surface area contributed by atoms with E-state index < -0.39 is 6.04 Å². The fourth-order valence-corrected chi connectivity index (χ4v) is 1.70. The van der Waals surface area contributed by atoms with Gasteiger partial charge < -0.3 is 9.84 Å². The highest BCUT2D eigenvalue weighted by molar-refractivity contribution is 5.99. The van der Waals surface area contributed by atoms with E-state index in [0.29, 0.717) is 11.6 Å². The highest BCUT2D eigenvalue weighted by Crippen LogP contribution is 2.24. The minimum atomic E-state index is -0.465. The molecule has 2 rings (SSSR count). The smallest absolute Gasteiger partial charge is 0.243 e. The number of carbonyl (C=O) groups excluding carboxylic acids is 2. The second kappa shape index (κ2) is 4.53. The highest BCUT2D eigenvalue weighted by atomic mass is 16.5. The van der Waals surface area contributed by atoms with E-state index in [0.717, 1.165) is 0 Å². The summed E-state index contributed by atoms with van der Waals surface area (Å²) in [6.07, 6.45) is 0.232. The van der Waals surface area contributed by atoms with Gasteiger partial charge in [-0.2, -0.15) is 0 Å². The predicted molar refractivity (Wildman–Crippen MR) is 65.2 cm³/mol. The van der Waals surface area contributed by atoms with Gasteiger partial charge in [-0.05, 0) is 0 Å². The zero-order valence-corrected chi connectivity index (χ0v) is 10.7. The minimum absolute atomic E-state index is 0.0469. The van der Waals surface area contributed by atoms with Crippen molar-refractivity contribution in [2.45, 2.75) is 38.6 Å². The van der Waals surface area contributed by atoms with E-state index in [1.807, 2.05) is 20.8 Å². The van der Waals surface area contributed by atoms with Crippen LogP contribution in [-0.2, 0) is 15.0 Å². The van der Waals surface area contributed by atoms with Crippen LogP contribution in [0.2, 0.25) is 0 Å². The van der Waals surface area contributed by atoms with Gasteiger partial charge in [0.1, 0.15) is 11.5 Å². The molecule has 1 aliphatic rings. The molecule has 0 unspecified atom stereocenters. The maximum atomic E-state index is 11.8. The van der Waals surface area contributed by atoms with Crippen LogP contribution in [0.1, 0.15) is 33.0 Å². The number of hydrogen-bond acceptors (Lipinski definition) is 5. The Kier molecular flexibility index (Phi) is 3.21. The summed E-state index contributed by atoms with van der Waals surface area (Å²) in [5.74, 6) is 0.875. The van der Waals surface area contributed by atoms with Crippen LogP contribution in [-0.4, -0.2) is 29.4 Å². The second-order valence-corrected chi connectivity index (χ2v) is 5.49. The number of amides is 1. The molecule has 0 aromatic carbocycles. The number of anilines is 1. The number of nitrogens with zero attached hydrogens (tertiary/aromatic N) is 1. The van der Waals surface area contributed by atoms with E-state index >= 15 is 0 Å². The van der Waals surface area contributed by atoms with Crippen LogP contribution < -0.4 is 10.6 Å². The molecule has 0 spiro atoms. The Balaban J connectivity index is 1.99. The molecule has 98 valence electrons. The van der Waals surface area contributed by atoms with Crippen molar-refractivity contribution in [3.63, 3.8) is 0 Å². The Hall–Kier alpha value is -1.69. The molecule has 0 bridgehead atoms. The van der Waals surface area contributed by atoms with Crippen LogP contribution >= 0.6 is 0 Å². The first-order valence-electron chi connectivity index (χ1n) is 5.89. The van der Waals surface area contributed by atoms with Crippen molar-refractivity contribution in [3.05, 3.63) is 11.8 Å². The van der Waals surface area contributed by atoms with Crippen molar-refractivity contribution < 1.29 is 14.1 Å². The van der Waals surface area contributed by atoms with E-state index in [2.05, 4.69) is 15.8 Å². The summed E-state index contributed by atoms with van der Waals surface area (Å²) in [6, 6.07) is 1.24. The summed E-state index contributed by atoms with van der Waals surface area (Å²) in [6.45, 7) is 6.24. The van der Waals surface area contributed by atoms with Crippen LogP contribution in [0.15, 0.2) is 10.6 Å². The maximum Gasteiger partial charge on any atom is 0.243 e. The average molecular weight is 251 g/mol. The number of Topliss-reactive ketones (excluding diaryl/α,β-unsaturated/α-hetero) is 1. The number of rotatable bonds is 2. The van der Waals surface area contributed by atoms with Crippen molar-refractivity contribution in [2.24, 2.45) is 0 Å². The maximum absolute atomic E-state index is 11.8. The van der Waals surface area contributed by atoms with Gasteiger partial charge in [0, 0.05) is 17.9 Å². The number of hydrogen-bond donors (Lipinski definition) is 2. The third kappa shape index (κ3) is 2.76. The zero-order valence-electron chi connectivity index (χ0n) is 10.7. The fourth-order valence-electron chi connectivity index (χ4n) is 1.70. The molecule has 2 N–H and O–H groups in total. The summed E-state index contributed by atoms with van der Waals surface area (Å²) >= 11 is 0. The molecule has 2 heterocycles. The molecule has 1 atom stereocenters. The molecule has 6 nitrogen and oxygen atoms in total. The van der Waals surface area contributed by atoms with Crippen LogP contribution in [0.5, 0.6) is 0 Å². The summed E-state index contributed by atoms with van der Waals surface area (Å²) in [4.78, 5) is 22.9. The average Bonchev–Trinajstić information content (AvgIpc) is 2.85. The van der Waals surface area contributed by atoms with Gasteiger partial charge in [0.15, 0.2) is 5.82 Å². The third-order valence-corrected chi connectivity index (χ3v) is 2.79. The zero-order chi connectivity index (χ0) is 13.3. The first kappa shape index (κ1) is 12.8. The number of aromatic nitrogens is 1. The van der Waals surface area contributed by atoms with E-state index in [1.54, 1.807) is 6.07 Å². The highest BCUT2D eigenvalue weighted by Gasteiger charge is 2.28. The monoisotopic (exact) mass is 251 g/mol. The Morgan fingerprint density at radius 2 is 2.28 bits per heavy atom. The van der Waals surface area contributed by atoms with E-state index in [4.69, 9.17) is 4.52 Å². The quantitative estimate of drug-likeness (QED) is 0.813. The first-order valence-corrected chi connectivity index (χ1v) is 5.89. The fraction of sp³-hybridized carbons (Fsp3) is 0.583. The van der Waals surface area contributed by atoms with E-state index in [-0.39, 0.29) is 30.1 Å². The van der Waals surface area contributed by atoms with Gasteiger partial charge in [0.25, 0.3) is 0 Å². The molecule has 1 aromatic heterocycles. The Morgan fingerprint density at radius 3 is 2.78 bits per heavy atom. The molecule has 0 aliphatic carbocycles. The Bertz CT molecular complexity index is 473. The normalized spacial score (nSPS) is 20.2. The second-order valence-electron chi connectivity index (χ2n) is 5.49. The van der Waals surface area contributed by atoms with E-state index in [1.165, 1.54) is 0 Å². The van der Waals surface area contributed by atoms with Gasteiger partial charge in [-0.25, -0.2) is 0 Å². The molecule has 6 heteroatoms. The summed E-state index contributed by atoms with van der Waals surface area (Å²) < 4.78 is 5.16. The van der Waals surface area contributed by atoms with Crippen LogP contribution in [0.4, 0.5) is 5.82 Å². The van der Waals surface area contributed by atoms with Crippen molar-refractivity contribution in [1.29, 1.82) is 0 Å². The Labute approximate surface area is 105 Å². The summed E-state index contributed by atoms with van der Waals surface area (Å²) in [5, 5.41) is 9.28. The van der Waals surface area contributed by atoms with Crippen molar-refractivity contribution in [1.82, 2.24) is 10.5 Å². The lowest BCUT2D eigenvalue weighted by molar-refractivity contribution is -0.120. The van der Waals surface area contributed by atoms with Crippen molar-refractivity contribution in [2.75, 3.05) is 11.9 Å². The lowest BCUT2D eigenvalue weighted by Crippen LogP contribution is -2.35. The molecule has 1 saturated heterocycles. The van der Waals surface area contributed by atoms with Gasteiger partial charge in [-0.3, -0.25) is 14.9 Å². The summed E-state index contributed by atoms with van der Waals surface area (Å²) in [7, 11) is 0. The largest absolute Gasteiger partial charge is 0.359 e. The lowest BCUT2D eigenvalue weighted by atomic mass is 9.93. The Morgan fingerprint density at radius 1 is 1.56 bits per heavy atom. The van der Waals surface area contributed by atoms with Crippen molar-refractivity contribution >= 4 is 17.5 Å². The van der Waals surface area contributed by atoms with Crippen LogP contribution in [0.3, 0.4) is 0 Å². The molecule has 0 radical (unpaired) electrons. The standard InChI is InChI=1S/C12H17N3O3/c1-12(2,3)9-5-10(15-18-9)14-11(17)8-4-7(16)6-13-8/h5,8,13H,4,6H2,1-3H3,(H,14,15,17)/t8-/m0/s1. The number of carbonyl (C=O) groups is 2. The van der Waals surface area contributed by atoms with Gasteiger partial charge >= 0.3 is 0 Å². The molecular formula is C12H17N3O3. The lowest BCUT2D eigenvalue weighted by Gasteiger charge is -2.12. The molecule has 1 aromatic rings. The molecule has 1 aliphatic heterocycles. The van der Waals surface area contributed by atoms with Crippen molar-refractivity contribution in [3.8, 4) is 0 Å². The van der Waals surface area contributed by atoms with Gasteiger partial charge in [0.2, 0.25) is 5.91 Å². The van der Waals surface area contributed by atoms with E-state index in [9.17, 15) is 9.59 Å². The minimum Gasteiger partial charge on any atom is -0.359 e. The molecule has 1 fully saturated rings. The van der Waals surface area contributed by atoms with Crippen LogP contribution in [0.25, 0.3) is 0 Å². The number of nitrogens with one attached hydrogen (secondary N) is 2. The van der Waals surface area contributed by atoms with Crippen LogP contribution in [0, 0.1) is 0 Å². The summed E-state index contributed by atoms with van der Waals surface area (Å²) in [5.41, 5.74) is -0.155. The molecule has 18 heavy (non-hydrogen) atoms. The molecular weight excluding hydrogens is 234 g/mol. The van der Waals surface area contributed by atoms with Gasteiger partial charge in [-0.15, -0.1) is 0 Å². The van der Waals surface area contributed by atoms with Gasteiger partial charge in [-0.1, -0.05) is 25.9 Å². The van der Waals surface area contributed by atoms with Gasteiger partial charge in [0.05, 0.1) is 12.6 Å². The predicted octanol–water partition coefficient (Wildman–Crippen LogP) is 0.842. The topological polar surface area (TPSA) is 84.2 Å². The first-order chi connectivity index (χ1) is 8.36.